The number of ether oxygens (including phenoxy) is 2. The van der Waals surface area contributed by atoms with E-state index in [2.05, 4.69) is 22.9 Å². The van der Waals surface area contributed by atoms with Gasteiger partial charge in [-0.25, -0.2) is 0 Å². The second-order valence-corrected chi connectivity index (χ2v) is 8.21. The monoisotopic (exact) mass is 423 g/mol. The molecule has 0 aliphatic carbocycles. The number of hydrogen-bond acceptors (Lipinski definition) is 5. The Morgan fingerprint density at radius 3 is 2.71 bits per heavy atom. The first kappa shape index (κ1) is 21.3. The van der Waals surface area contributed by atoms with Crippen molar-refractivity contribution in [3.05, 3.63) is 64.7 Å². The van der Waals surface area contributed by atoms with E-state index in [-0.39, 0.29) is 17.9 Å². The average molecular weight is 424 g/mol. The molecule has 7 heteroatoms. The molecule has 2 unspecified atom stereocenters. The van der Waals surface area contributed by atoms with Crippen molar-refractivity contribution in [1.29, 1.82) is 0 Å². The number of hydrogen-bond donors (Lipinski definition) is 3. The van der Waals surface area contributed by atoms with Crippen molar-refractivity contribution in [1.82, 2.24) is 16.0 Å². The normalized spacial score (nSPS) is 22.3. The molecule has 0 spiro atoms. The maximum atomic E-state index is 13.0. The fourth-order valence-electron chi connectivity index (χ4n) is 4.22. The number of nitrogens with one attached hydrogen (secondary N) is 3. The van der Waals surface area contributed by atoms with Gasteiger partial charge in [-0.2, -0.15) is 0 Å². The number of amides is 2. The van der Waals surface area contributed by atoms with Gasteiger partial charge < -0.3 is 25.4 Å². The molecular formula is C24H29N3O4. The molecule has 1 saturated heterocycles. The summed E-state index contributed by atoms with van der Waals surface area (Å²) in [5.74, 6) is 0.0628. The molecule has 164 valence electrons. The Bertz CT molecular complexity index is 957. The molecule has 0 radical (unpaired) electrons. The summed E-state index contributed by atoms with van der Waals surface area (Å²) in [6.45, 7) is 5.34. The van der Waals surface area contributed by atoms with Crippen molar-refractivity contribution in [3.63, 3.8) is 0 Å². The third-order valence-corrected chi connectivity index (χ3v) is 6.09. The third-order valence-electron chi connectivity index (χ3n) is 6.09. The van der Waals surface area contributed by atoms with E-state index < -0.39 is 5.41 Å². The van der Waals surface area contributed by atoms with E-state index in [0.29, 0.717) is 36.6 Å². The molecule has 2 amide bonds. The maximum Gasteiger partial charge on any atom is 0.254 e. The van der Waals surface area contributed by atoms with Crippen LogP contribution in [0.2, 0.25) is 0 Å². The summed E-state index contributed by atoms with van der Waals surface area (Å²) in [6.07, 6.45) is 0.835. The highest BCUT2D eigenvalue weighted by molar-refractivity contribution is 6.02. The Morgan fingerprint density at radius 2 is 2.00 bits per heavy atom. The lowest BCUT2D eigenvalue weighted by atomic mass is 9.77. The molecule has 7 nitrogen and oxygen atoms in total. The highest BCUT2D eigenvalue weighted by Gasteiger charge is 2.40. The van der Waals surface area contributed by atoms with Crippen LogP contribution in [0.4, 0.5) is 0 Å². The predicted octanol–water partition coefficient (Wildman–Crippen LogP) is 1.85. The van der Waals surface area contributed by atoms with E-state index in [1.165, 1.54) is 0 Å². The first-order valence-corrected chi connectivity index (χ1v) is 10.7. The lowest BCUT2D eigenvalue weighted by Gasteiger charge is -2.24. The molecule has 2 aromatic carbocycles. The minimum absolute atomic E-state index is 0.102. The van der Waals surface area contributed by atoms with E-state index in [4.69, 9.17) is 9.47 Å². The second-order valence-electron chi connectivity index (χ2n) is 8.21. The number of carbonyl (C=O) groups is 2. The third kappa shape index (κ3) is 4.29. The van der Waals surface area contributed by atoms with Crippen LogP contribution in [0.5, 0.6) is 5.75 Å². The molecule has 0 bridgehead atoms. The Morgan fingerprint density at radius 1 is 1.19 bits per heavy atom. The van der Waals surface area contributed by atoms with Crippen LogP contribution in [-0.2, 0) is 10.2 Å². The number of fused-ring (bicyclic) bond motifs is 1. The van der Waals surface area contributed by atoms with E-state index >= 15 is 0 Å². The molecular weight excluding hydrogens is 394 g/mol. The molecule has 2 aliphatic heterocycles. The molecule has 1 fully saturated rings. The van der Waals surface area contributed by atoms with Crippen LogP contribution >= 0.6 is 0 Å². The van der Waals surface area contributed by atoms with Crippen molar-refractivity contribution >= 4 is 11.8 Å². The number of morpholine rings is 1. The Labute approximate surface area is 182 Å². The minimum atomic E-state index is -0.447. The van der Waals surface area contributed by atoms with Crippen molar-refractivity contribution < 1.29 is 19.1 Å². The predicted molar refractivity (Wildman–Crippen MR) is 118 cm³/mol. The van der Waals surface area contributed by atoms with Crippen LogP contribution < -0.4 is 20.7 Å². The molecule has 0 saturated carbocycles. The first-order valence-electron chi connectivity index (χ1n) is 10.7. The van der Waals surface area contributed by atoms with Gasteiger partial charge >= 0.3 is 0 Å². The smallest absolute Gasteiger partial charge is 0.254 e. The lowest BCUT2D eigenvalue weighted by molar-refractivity contribution is 0.0239. The highest BCUT2D eigenvalue weighted by atomic mass is 16.5. The minimum Gasteiger partial charge on any atom is -0.491 e. The summed E-state index contributed by atoms with van der Waals surface area (Å²) >= 11 is 0. The first-order chi connectivity index (χ1) is 15.0. The van der Waals surface area contributed by atoms with Crippen LogP contribution in [-0.4, -0.2) is 57.8 Å². The van der Waals surface area contributed by atoms with E-state index in [1.807, 2.05) is 36.4 Å². The zero-order chi connectivity index (χ0) is 21.8. The van der Waals surface area contributed by atoms with Gasteiger partial charge in [-0.1, -0.05) is 30.3 Å². The number of carbonyl (C=O) groups excluding carboxylic acids is 2. The largest absolute Gasteiger partial charge is 0.491 e. The van der Waals surface area contributed by atoms with Crippen LogP contribution in [0, 0.1) is 0 Å². The molecule has 4 rings (SSSR count). The van der Waals surface area contributed by atoms with Gasteiger partial charge in [0.25, 0.3) is 11.8 Å². The van der Waals surface area contributed by atoms with Gasteiger partial charge in [-0.15, -0.1) is 0 Å². The highest BCUT2D eigenvalue weighted by Crippen LogP contribution is 2.45. The molecule has 2 aliphatic rings. The number of benzene rings is 2. The van der Waals surface area contributed by atoms with Gasteiger partial charge in [0.2, 0.25) is 0 Å². The molecule has 2 atom stereocenters. The molecule has 2 heterocycles. The van der Waals surface area contributed by atoms with E-state index in [9.17, 15) is 9.59 Å². The summed E-state index contributed by atoms with van der Waals surface area (Å²) in [6, 6.07) is 13.5. The van der Waals surface area contributed by atoms with Gasteiger partial charge in [0.1, 0.15) is 12.4 Å². The standard InChI is InChI=1S/C24H29N3O4/c1-24(17-6-4-3-5-7-17)15-31-21-19(23(29)25-2)12-16(13-20(21)24)22(28)27-9-8-18-14-26-10-11-30-18/h3-7,12-13,18,26H,8-11,14-15H2,1-2H3,(H,25,29)(H,27,28). The van der Waals surface area contributed by atoms with Crippen molar-refractivity contribution in [2.24, 2.45) is 0 Å². The summed E-state index contributed by atoms with van der Waals surface area (Å²) in [4.78, 5) is 25.5. The zero-order valence-electron chi connectivity index (χ0n) is 18.0. The fourth-order valence-corrected chi connectivity index (χ4v) is 4.22. The second kappa shape index (κ2) is 9.08. The van der Waals surface area contributed by atoms with Gasteiger partial charge in [-0.3, -0.25) is 9.59 Å². The van der Waals surface area contributed by atoms with E-state index in [0.717, 1.165) is 30.6 Å². The molecule has 3 N–H and O–H groups in total. The Hall–Kier alpha value is -2.90. The van der Waals surface area contributed by atoms with Crippen molar-refractivity contribution in [2.75, 3.05) is 39.9 Å². The quantitative estimate of drug-likeness (QED) is 0.660. The van der Waals surface area contributed by atoms with Gasteiger partial charge in [0.15, 0.2) is 0 Å². The van der Waals surface area contributed by atoms with Crippen LogP contribution in [0.1, 0.15) is 45.2 Å². The fraction of sp³-hybridized carbons (Fsp3) is 0.417. The lowest BCUT2D eigenvalue weighted by Crippen LogP contribution is -2.40. The van der Waals surface area contributed by atoms with Gasteiger partial charge in [0, 0.05) is 37.8 Å². The SMILES string of the molecule is CNC(=O)c1cc(C(=O)NCCC2CNCCO2)cc2c1OCC2(C)c1ccccc1. The van der Waals surface area contributed by atoms with E-state index in [1.54, 1.807) is 13.1 Å². The van der Waals surface area contributed by atoms with Gasteiger partial charge in [0.05, 0.1) is 23.7 Å². The summed E-state index contributed by atoms with van der Waals surface area (Å²) in [7, 11) is 1.57. The van der Waals surface area contributed by atoms with Crippen LogP contribution in [0.15, 0.2) is 42.5 Å². The number of rotatable bonds is 6. The molecule has 2 aromatic rings. The van der Waals surface area contributed by atoms with Gasteiger partial charge in [-0.05, 0) is 31.0 Å². The maximum absolute atomic E-state index is 13.0. The summed E-state index contributed by atoms with van der Waals surface area (Å²) < 4.78 is 11.7. The average Bonchev–Trinajstić information content (AvgIpc) is 3.17. The topological polar surface area (TPSA) is 88.7 Å². The molecule has 31 heavy (non-hydrogen) atoms. The summed E-state index contributed by atoms with van der Waals surface area (Å²) in [5.41, 5.74) is 2.32. The summed E-state index contributed by atoms with van der Waals surface area (Å²) in [5, 5.41) is 8.91. The van der Waals surface area contributed by atoms with Crippen LogP contribution in [0.3, 0.4) is 0 Å². The molecule has 0 aromatic heterocycles. The van der Waals surface area contributed by atoms with Crippen LogP contribution in [0.25, 0.3) is 0 Å². The Balaban J connectivity index is 1.61. The van der Waals surface area contributed by atoms with Crippen molar-refractivity contribution in [2.45, 2.75) is 24.9 Å². The Kier molecular flexibility index (Phi) is 6.25. The zero-order valence-corrected chi connectivity index (χ0v) is 18.0. The van der Waals surface area contributed by atoms with Crippen molar-refractivity contribution in [3.8, 4) is 5.75 Å².